The fraction of sp³-hybridized carbons (Fsp3) is 0.385. The zero-order valence-electron chi connectivity index (χ0n) is 10.4. The smallest absolute Gasteiger partial charge is 0.221 e. The third-order valence-electron chi connectivity index (χ3n) is 2.59. The molecule has 96 valence electrons. The summed E-state index contributed by atoms with van der Waals surface area (Å²) in [4.78, 5) is 10.9. The van der Waals surface area contributed by atoms with Crippen LogP contribution in [0.1, 0.15) is 12.5 Å². The summed E-state index contributed by atoms with van der Waals surface area (Å²) < 4.78 is 5.25. The molecule has 2 rings (SSSR count). The molecule has 5 nitrogen and oxygen atoms in total. The summed E-state index contributed by atoms with van der Waals surface area (Å²) >= 11 is 0. The van der Waals surface area contributed by atoms with Crippen LogP contribution in [0.3, 0.4) is 0 Å². The van der Waals surface area contributed by atoms with Crippen molar-refractivity contribution in [2.24, 2.45) is 5.10 Å². The van der Waals surface area contributed by atoms with E-state index in [2.05, 4.69) is 10.4 Å². The Labute approximate surface area is 106 Å². The second kappa shape index (κ2) is 6.16. The molecule has 0 aromatic heterocycles. The topological polar surface area (TPSA) is 53.9 Å². The van der Waals surface area contributed by atoms with Crippen molar-refractivity contribution in [1.82, 2.24) is 5.01 Å². The number of nitrogens with zero attached hydrogens (tertiary/aromatic N) is 2. The molecule has 1 amide bonds. The van der Waals surface area contributed by atoms with E-state index in [9.17, 15) is 4.79 Å². The van der Waals surface area contributed by atoms with Crippen LogP contribution in [0.15, 0.2) is 29.4 Å². The fourth-order valence-electron chi connectivity index (χ4n) is 1.67. The van der Waals surface area contributed by atoms with E-state index in [0.29, 0.717) is 0 Å². The zero-order chi connectivity index (χ0) is 12.8. The van der Waals surface area contributed by atoms with E-state index in [0.717, 1.165) is 37.6 Å². The Kier molecular flexibility index (Phi) is 4.30. The Balaban J connectivity index is 1.92. The first-order chi connectivity index (χ1) is 8.74. The van der Waals surface area contributed by atoms with E-state index in [1.54, 1.807) is 0 Å². The van der Waals surface area contributed by atoms with Crippen LogP contribution < -0.4 is 5.32 Å². The average Bonchev–Trinajstić information content (AvgIpc) is 2.38. The number of ether oxygens (including phenoxy) is 1. The maximum Gasteiger partial charge on any atom is 0.221 e. The van der Waals surface area contributed by atoms with Crippen molar-refractivity contribution in [1.29, 1.82) is 0 Å². The maximum absolute atomic E-state index is 10.9. The van der Waals surface area contributed by atoms with Crippen LogP contribution >= 0.6 is 0 Å². The molecule has 1 aliphatic heterocycles. The molecule has 0 radical (unpaired) electrons. The van der Waals surface area contributed by atoms with Crippen LogP contribution in [0.25, 0.3) is 0 Å². The molecule has 18 heavy (non-hydrogen) atoms. The molecule has 5 heteroatoms. The lowest BCUT2D eigenvalue weighted by molar-refractivity contribution is -0.114. The molecule has 1 saturated heterocycles. The van der Waals surface area contributed by atoms with Crippen molar-refractivity contribution < 1.29 is 9.53 Å². The maximum atomic E-state index is 10.9. The van der Waals surface area contributed by atoms with Gasteiger partial charge in [-0.05, 0) is 17.7 Å². The van der Waals surface area contributed by atoms with Gasteiger partial charge in [0.1, 0.15) is 0 Å². The Bertz CT molecular complexity index is 422. The van der Waals surface area contributed by atoms with Gasteiger partial charge in [0.15, 0.2) is 0 Å². The molecule has 0 unspecified atom stereocenters. The standard InChI is InChI=1S/C13H17N3O2/c1-11(17)15-13-4-2-12(3-5-13)10-14-16-6-8-18-9-7-16/h2-5,10H,6-9H2,1H3,(H,15,17). The Hall–Kier alpha value is -1.88. The van der Waals surface area contributed by atoms with E-state index in [1.807, 2.05) is 35.5 Å². The molecule has 0 aliphatic carbocycles. The summed E-state index contributed by atoms with van der Waals surface area (Å²) in [5, 5.41) is 9.10. The van der Waals surface area contributed by atoms with Crippen molar-refractivity contribution in [2.75, 3.05) is 31.6 Å². The summed E-state index contributed by atoms with van der Waals surface area (Å²) in [6.07, 6.45) is 1.82. The van der Waals surface area contributed by atoms with Crippen LogP contribution in [0.5, 0.6) is 0 Å². The summed E-state index contributed by atoms with van der Waals surface area (Å²) in [7, 11) is 0. The number of anilines is 1. The lowest BCUT2D eigenvalue weighted by Gasteiger charge is -2.23. The number of amides is 1. The van der Waals surface area contributed by atoms with Crippen molar-refractivity contribution in [3.05, 3.63) is 29.8 Å². The van der Waals surface area contributed by atoms with Crippen LogP contribution in [-0.4, -0.2) is 43.4 Å². The Morgan fingerprint density at radius 3 is 2.61 bits per heavy atom. The molecule has 0 saturated carbocycles. The number of hydrazone groups is 1. The number of hydrogen-bond donors (Lipinski definition) is 1. The molecule has 1 aliphatic rings. The van der Waals surface area contributed by atoms with Gasteiger partial charge in [-0.15, -0.1) is 0 Å². The molecule has 0 bridgehead atoms. The highest BCUT2D eigenvalue weighted by molar-refractivity contribution is 5.89. The van der Waals surface area contributed by atoms with Gasteiger partial charge in [-0.2, -0.15) is 5.10 Å². The summed E-state index contributed by atoms with van der Waals surface area (Å²) in [5.74, 6) is -0.0651. The molecule has 1 aromatic rings. The van der Waals surface area contributed by atoms with Gasteiger partial charge < -0.3 is 10.1 Å². The highest BCUT2D eigenvalue weighted by atomic mass is 16.5. The van der Waals surface area contributed by atoms with E-state index >= 15 is 0 Å². The first-order valence-electron chi connectivity index (χ1n) is 5.98. The van der Waals surface area contributed by atoms with Crippen molar-refractivity contribution >= 4 is 17.8 Å². The predicted octanol–water partition coefficient (Wildman–Crippen LogP) is 1.31. The molecule has 1 N–H and O–H groups in total. The summed E-state index contributed by atoms with van der Waals surface area (Å²) in [5.41, 5.74) is 1.81. The third-order valence-corrected chi connectivity index (χ3v) is 2.59. The Morgan fingerprint density at radius 2 is 2.00 bits per heavy atom. The van der Waals surface area contributed by atoms with Crippen LogP contribution in [0.2, 0.25) is 0 Å². The third kappa shape index (κ3) is 3.85. The number of carbonyl (C=O) groups is 1. The lowest BCUT2D eigenvalue weighted by Crippen LogP contribution is -2.32. The van der Waals surface area contributed by atoms with Crippen LogP contribution in [0, 0.1) is 0 Å². The van der Waals surface area contributed by atoms with Gasteiger partial charge in [-0.1, -0.05) is 12.1 Å². The SMILES string of the molecule is CC(=O)Nc1ccc(C=NN2CCOCC2)cc1. The first kappa shape index (κ1) is 12.6. The van der Waals surface area contributed by atoms with Gasteiger partial charge in [-0.3, -0.25) is 9.80 Å². The normalized spacial score (nSPS) is 15.9. The van der Waals surface area contributed by atoms with Gasteiger partial charge >= 0.3 is 0 Å². The van der Waals surface area contributed by atoms with Gasteiger partial charge in [-0.25, -0.2) is 0 Å². The molecule has 1 fully saturated rings. The van der Waals surface area contributed by atoms with Gasteiger partial charge in [0.05, 0.1) is 32.5 Å². The Morgan fingerprint density at radius 1 is 1.33 bits per heavy atom. The predicted molar refractivity (Wildman–Crippen MR) is 70.7 cm³/mol. The number of benzene rings is 1. The minimum atomic E-state index is -0.0651. The second-order valence-electron chi connectivity index (χ2n) is 4.11. The van der Waals surface area contributed by atoms with Crippen molar-refractivity contribution in [3.63, 3.8) is 0 Å². The largest absolute Gasteiger partial charge is 0.378 e. The minimum absolute atomic E-state index is 0.0651. The van der Waals surface area contributed by atoms with Crippen LogP contribution in [-0.2, 0) is 9.53 Å². The summed E-state index contributed by atoms with van der Waals surface area (Å²) in [6, 6.07) is 7.58. The van der Waals surface area contributed by atoms with E-state index in [-0.39, 0.29) is 5.91 Å². The monoisotopic (exact) mass is 247 g/mol. The van der Waals surface area contributed by atoms with Gasteiger partial charge in [0.25, 0.3) is 0 Å². The highest BCUT2D eigenvalue weighted by Gasteiger charge is 2.06. The number of rotatable bonds is 3. The molecule has 0 atom stereocenters. The van der Waals surface area contributed by atoms with E-state index in [4.69, 9.17) is 4.74 Å². The number of hydrogen-bond acceptors (Lipinski definition) is 4. The average molecular weight is 247 g/mol. The second-order valence-corrected chi connectivity index (χ2v) is 4.11. The fourth-order valence-corrected chi connectivity index (χ4v) is 1.67. The van der Waals surface area contributed by atoms with Gasteiger partial charge in [0.2, 0.25) is 5.91 Å². The molecular formula is C13H17N3O2. The molecular weight excluding hydrogens is 230 g/mol. The number of morpholine rings is 1. The first-order valence-corrected chi connectivity index (χ1v) is 5.98. The van der Waals surface area contributed by atoms with Crippen molar-refractivity contribution in [2.45, 2.75) is 6.92 Å². The number of carbonyl (C=O) groups excluding carboxylic acids is 1. The zero-order valence-corrected chi connectivity index (χ0v) is 10.4. The van der Waals surface area contributed by atoms with Crippen molar-refractivity contribution in [3.8, 4) is 0 Å². The van der Waals surface area contributed by atoms with Crippen LogP contribution in [0.4, 0.5) is 5.69 Å². The highest BCUT2D eigenvalue weighted by Crippen LogP contribution is 2.08. The summed E-state index contributed by atoms with van der Waals surface area (Å²) in [6.45, 7) is 4.63. The molecule has 0 spiro atoms. The minimum Gasteiger partial charge on any atom is -0.378 e. The van der Waals surface area contributed by atoms with E-state index < -0.39 is 0 Å². The molecule has 1 heterocycles. The lowest BCUT2D eigenvalue weighted by atomic mass is 10.2. The number of nitrogens with one attached hydrogen (secondary N) is 1. The van der Waals surface area contributed by atoms with E-state index in [1.165, 1.54) is 6.92 Å². The van der Waals surface area contributed by atoms with Gasteiger partial charge in [0, 0.05) is 12.6 Å². The molecule has 1 aromatic carbocycles. The quantitative estimate of drug-likeness (QED) is 0.819.